The quantitative estimate of drug-likeness (QED) is 0.638. The van der Waals surface area contributed by atoms with Gasteiger partial charge < -0.3 is 5.11 Å². The summed E-state index contributed by atoms with van der Waals surface area (Å²) in [7, 11) is 0. The van der Waals surface area contributed by atoms with Crippen LogP contribution in [0.2, 0.25) is 0 Å². The van der Waals surface area contributed by atoms with Gasteiger partial charge in [0.1, 0.15) is 0 Å². The Hall–Kier alpha value is 0.130. The average molecular weight is 236 g/mol. The number of thioether (sulfide) groups is 1. The van der Waals surface area contributed by atoms with Gasteiger partial charge in [0.2, 0.25) is 0 Å². The Balaban J connectivity index is 0.00000169. The molecule has 0 saturated carbocycles. The number of carboxylic acids is 1. The number of hydrogen-bond donors (Lipinski definition) is 1. The van der Waals surface area contributed by atoms with Gasteiger partial charge in [0, 0.05) is 0 Å². The molecule has 1 aromatic rings. The van der Waals surface area contributed by atoms with Gasteiger partial charge >= 0.3 is 35.5 Å². The second-order valence-corrected chi connectivity index (χ2v) is 3.99. The molecule has 5 heteroatoms. The van der Waals surface area contributed by atoms with E-state index in [-0.39, 0.29) is 35.3 Å². The minimum atomic E-state index is -0.844. The fourth-order valence-electron chi connectivity index (χ4n) is 0.785. The summed E-state index contributed by atoms with van der Waals surface area (Å²) in [5.41, 5.74) is 0.906. The summed E-state index contributed by atoms with van der Waals surface area (Å²) < 4.78 is 0.628. The molecule has 0 aromatic heterocycles. The van der Waals surface area contributed by atoms with Crippen LogP contribution < -0.4 is 0 Å². The van der Waals surface area contributed by atoms with Crippen molar-refractivity contribution in [3.05, 3.63) is 35.9 Å². The maximum absolute atomic E-state index is 10.3. The average Bonchev–Trinajstić information content (AvgIpc) is 2.15. The van der Waals surface area contributed by atoms with Crippen molar-refractivity contribution >= 4 is 63.7 Å². The van der Waals surface area contributed by atoms with E-state index in [1.165, 1.54) is 11.8 Å². The van der Waals surface area contributed by atoms with Crippen molar-refractivity contribution in [2.24, 2.45) is 0 Å². The van der Waals surface area contributed by atoms with E-state index in [2.05, 4.69) is 0 Å². The van der Waals surface area contributed by atoms with Crippen molar-refractivity contribution in [2.45, 2.75) is 0 Å². The van der Waals surface area contributed by atoms with Crippen LogP contribution >= 0.6 is 24.0 Å². The molecule has 1 rings (SSSR count). The Bertz CT molecular complexity index is 314. The van der Waals surface area contributed by atoms with Gasteiger partial charge in [-0.15, -0.1) is 11.8 Å². The Morgan fingerprint density at radius 1 is 1.36 bits per heavy atom. The summed E-state index contributed by atoms with van der Waals surface area (Å²) in [4.78, 5) is 10.3. The molecule has 0 spiro atoms. The van der Waals surface area contributed by atoms with Crippen molar-refractivity contribution in [3.63, 3.8) is 0 Å². The molecule has 14 heavy (non-hydrogen) atoms. The number of carbonyl (C=O) groups is 1. The van der Waals surface area contributed by atoms with Crippen molar-refractivity contribution in [3.8, 4) is 0 Å². The van der Waals surface area contributed by atoms with E-state index in [9.17, 15) is 4.79 Å². The number of hydrogen-bond acceptors (Lipinski definition) is 3. The minimum absolute atomic E-state index is 0. The van der Waals surface area contributed by atoms with Crippen LogP contribution in [-0.2, 0) is 4.79 Å². The van der Waals surface area contributed by atoms with Gasteiger partial charge in [-0.2, -0.15) is 0 Å². The van der Waals surface area contributed by atoms with Gasteiger partial charge in [-0.3, -0.25) is 4.79 Å². The summed E-state index contributed by atoms with van der Waals surface area (Å²) in [6, 6.07) is 9.40. The standard InChI is InChI=1S/C9H8O2S2.Na.H/c10-8(11)6-13-9(12)7-4-2-1-3-5-7;;/h1-5H,6H2,(H,10,11);;. The number of aliphatic carboxylic acids is 1. The van der Waals surface area contributed by atoms with E-state index >= 15 is 0 Å². The van der Waals surface area contributed by atoms with Crippen LogP contribution in [0.15, 0.2) is 30.3 Å². The zero-order chi connectivity index (χ0) is 9.68. The molecule has 0 saturated heterocycles. The van der Waals surface area contributed by atoms with Crippen LogP contribution in [0.3, 0.4) is 0 Å². The normalized spacial score (nSPS) is 8.86. The molecule has 0 aliphatic heterocycles. The van der Waals surface area contributed by atoms with E-state index in [0.717, 1.165) is 5.56 Å². The van der Waals surface area contributed by atoms with Gasteiger partial charge in [0.25, 0.3) is 0 Å². The van der Waals surface area contributed by atoms with E-state index < -0.39 is 5.97 Å². The summed E-state index contributed by atoms with van der Waals surface area (Å²) in [5, 5.41) is 8.43. The van der Waals surface area contributed by atoms with Gasteiger partial charge in [-0.05, 0) is 5.56 Å². The van der Waals surface area contributed by atoms with Gasteiger partial charge in [0.05, 0.1) is 9.95 Å². The van der Waals surface area contributed by atoms with Crippen LogP contribution in [0.5, 0.6) is 0 Å². The maximum atomic E-state index is 10.3. The number of rotatable bonds is 3. The fraction of sp³-hybridized carbons (Fsp3) is 0.111. The zero-order valence-electron chi connectivity index (χ0n) is 6.77. The molecule has 0 atom stereocenters. The molecule has 0 fully saturated rings. The molecule has 0 bridgehead atoms. The Morgan fingerprint density at radius 2 is 1.93 bits per heavy atom. The summed E-state index contributed by atoms with van der Waals surface area (Å²) >= 11 is 6.21. The van der Waals surface area contributed by atoms with Crippen LogP contribution in [0.1, 0.15) is 5.56 Å². The molecule has 0 heterocycles. The number of carboxylic acid groups (broad SMARTS) is 1. The molecule has 1 aromatic carbocycles. The summed E-state index contributed by atoms with van der Waals surface area (Å²) in [6.07, 6.45) is 0. The van der Waals surface area contributed by atoms with Gasteiger partial charge in [-0.25, -0.2) is 0 Å². The first-order valence-electron chi connectivity index (χ1n) is 3.64. The SMILES string of the molecule is O=C(O)CSC(=S)c1ccccc1.[NaH]. The molecular formula is C9H9NaO2S2. The van der Waals surface area contributed by atoms with Gasteiger partial charge in [-0.1, -0.05) is 42.5 Å². The van der Waals surface area contributed by atoms with Crippen LogP contribution in [-0.4, -0.2) is 50.6 Å². The van der Waals surface area contributed by atoms with E-state index in [1.54, 1.807) is 0 Å². The van der Waals surface area contributed by atoms with Crippen molar-refractivity contribution < 1.29 is 9.90 Å². The van der Waals surface area contributed by atoms with E-state index in [0.29, 0.717) is 4.20 Å². The predicted octanol–water partition coefficient (Wildman–Crippen LogP) is 1.53. The second-order valence-electron chi connectivity index (χ2n) is 2.34. The van der Waals surface area contributed by atoms with E-state index in [1.807, 2.05) is 30.3 Å². The van der Waals surface area contributed by atoms with Crippen molar-refractivity contribution in [1.82, 2.24) is 0 Å². The molecule has 0 radical (unpaired) electrons. The topological polar surface area (TPSA) is 37.3 Å². The molecule has 1 N–H and O–H groups in total. The van der Waals surface area contributed by atoms with Crippen LogP contribution in [0, 0.1) is 0 Å². The molecule has 0 aliphatic carbocycles. The Labute approximate surface area is 114 Å². The second kappa shape index (κ2) is 7.43. The molecular weight excluding hydrogens is 227 g/mol. The van der Waals surface area contributed by atoms with Crippen LogP contribution in [0.4, 0.5) is 0 Å². The Kier molecular flexibility index (Phi) is 7.49. The first-order valence-corrected chi connectivity index (χ1v) is 5.03. The third-order valence-corrected chi connectivity index (χ3v) is 2.81. The number of thiocarbonyl (C=S) groups is 1. The molecule has 0 unspecified atom stereocenters. The Morgan fingerprint density at radius 3 is 2.43 bits per heavy atom. The summed E-state index contributed by atoms with van der Waals surface area (Å²) in [6.45, 7) is 0. The van der Waals surface area contributed by atoms with Crippen molar-refractivity contribution in [2.75, 3.05) is 5.75 Å². The van der Waals surface area contributed by atoms with Crippen molar-refractivity contribution in [1.29, 1.82) is 0 Å². The predicted molar refractivity (Wildman–Crippen MR) is 65.4 cm³/mol. The monoisotopic (exact) mass is 236 g/mol. The fourth-order valence-corrected chi connectivity index (χ4v) is 1.66. The van der Waals surface area contributed by atoms with Crippen LogP contribution in [0.25, 0.3) is 0 Å². The molecule has 70 valence electrons. The molecule has 0 aliphatic rings. The third kappa shape index (κ3) is 5.12. The number of benzene rings is 1. The summed E-state index contributed by atoms with van der Waals surface area (Å²) in [5.74, 6) is -0.823. The van der Waals surface area contributed by atoms with E-state index in [4.69, 9.17) is 17.3 Å². The first kappa shape index (κ1) is 14.1. The third-order valence-electron chi connectivity index (χ3n) is 1.34. The molecule has 0 amide bonds. The zero-order valence-corrected chi connectivity index (χ0v) is 8.40. The van der Waals surface area contributed by atoms with Gasteiger partial charge in [0.15, 0.2) is 0 Å². The molecule has 2 nitrogen and oxygen atoms in total. The first-order chi connectivity index (χ1) is 6.20.